The number of nitrogens with one attached hydrogen (secondary N) is 1. The summed E-state index contributed by atoms with van der Waals surface area (Å²) in [4.78, 5) is 0.0492. The predicted molar refractivity (Wildman–Crippen MR) is 107 cm³/mol. The van der Waals surface area contributed by atoms with Crippen LogP contribution in [0.15, 0.2) is 52.3 Å². The number of sulfonamides is 2. The molecule has 0 amide bonds. The van der Waals surface area contributed by atoms with E-state index in [9.17, 15) is 16.8 Å². The maximum Gasteiger partial charge on any atom is 0.243 e. The Bertz CT molecular complexity index is 1000. The summed E-state index contributed by atoms with van der Waals surface area (Å²) >= 11 is 11.8. The van der Waals surface area contributed by atoms with Crippen molar-refractivity contribution >= 4 is 43.2 Å². The summed E-state index contributed by atoms with van der Waals surface area (Å²) < 4.78 is 53.5. The molecule has 1 N–H and O–H groups in total. The summed E-state index contributed by atoms with van der Waals surface area (Å²) in [5, 5.41) is 0.318. The lowest BCUT2D eigenvalue weighted by molar-refractivity contribution is 0.445. The van der Waals surface area contributed by atoms with Gasteiger partial charge in [0.2, 0.25) is 20.0 Å². The molecule has 0 aromatic heterocycles. The van der Waals surface area contributed by atoms with Crippen molar-refractivity contribution in [1.82, 2.24) is 9.03 Å². The Hall–Kier alpha value is -1.16. The highest BCUT2D eigenvalue weighted by Gasteiger charge is 2.22. The van der Waals surface area contributed by atoms with Crippen molar-refractivity contribution < 1.29 is 16.8 Å². The lowest BCUT2D eigenvalue weighted by Crippen LogP contribution is -2.30. The van der Waals surface area contributed by atoms with E-state index in [-0.39, 0.29) is 26.4 Å². The smallest absolute Gasteiger partial charge is 0.207 e. The summed E-state index contributed by atoms with van der Waals surface area (Å²) in [5.41, 5.74) is 0.607. The third kappa shape index (κ3) is 5.22. The van der Waals surface area contributed by atoms with E-state index in [1.807, 2.05) is 0 Å². The molecule has 0 radical (unpaired) electrons. The Morgan fingerprint density at radius 3 is 2.07 bits per heavy atom. The van der Waals surface area contributed by atoms with Crippen LogP contribution in [0.3, 0.4) is 0 Å². The molecule has 0 bridgehead atoms. The molecule has 0 heterocycles. The van der Waals surface area contributed by atoms with E-state index in [4.69, 9.17) is 23.2 Å². The van der Waals surface area contributed by atoms with Crippen molar-refractivity contribution in [3.63, 3.8) is 0 Å². The summed E-state index contributed by atoms with van der Waals surface area (Å²) in [6.07, 6.45) is 0. The van der Waals surface area contributed by atoms with Crippen molar-refractivity contribution in [2.24, 2.45) is 0 Å². The normalized spacial score (nSPS) is 12.5. The number of hydrogen-bond acceptors (Lipinski definition) is 4. The molecule has 0 atom stereocenters. The summed E-state index contributed by atoms with van der Waals surface area (Å²) in [6.45, 7) is 4.27. The molecule has 0 aliphatic heterocycles. The second-order valence-corrected chi connectivity index (χ2v) is 10.1. The van der Waals surface area contributed by atoms with Gasteiger partial charge >= 0.3 is 0 Å². The van der Waals surface area contributed by atoms with E-state index in [1.165, 1.54) is 34.6 Å². The molecule has 0 unspecified atom stereocenters. The largest absolute Gasteiger partial charge is 0.243 e. The van der Waals surface area contributed by atoms with Gasteiger partial charge in [0.05, 0.1) is 9.92 Å². The summed E-state index contributed by atoms with van der Waals surface area (Å²) in [7, 11) is -7.42. The van der Waals surface area contributed by atoms with Crippen LogP contribution in [-0.4, -0.2) is 34.2 Å². The molecule has 0 fully saturated rings. The summed E-state index contributed by atoms with van der Waals surface area (Å²) in [6, 6.07) is 10.2. The monoisotopic (exact) mass is 450 g/mol. The molecular weight excluding hydrogens is 431 g/mol. The van der Waals surface area contributed by atoms with Gasteiger partial charge in [-0.3, -0.25) is 0 Å². The van der Waals surface area contributed by atoms with Gasteiger partial charge < -0.3 is 0 Å². The minimum atomic E-state index is -3.86. The van der Waals surface area contributed by atoms with Crippen LogP contribution in [0.4, 0.5) is 0 Å². The molecule has 27 heavy (non-hydrogen) atoms. The number of rotatable bonds is 8. The predicted octanol–water partition coefficient (Wildman–Crippen LogP) is 3.50. The zero-order valence-electron chi connectivity index (χ0n) is 14.8. The molecule has 6 nitrogen and oxygen atoms in total. The van der Waals surface area contributed by atoms with Crippen molar-refractivity contribution in [2.75, 3.05) is 13.1 Å². The van der Waals surface area contributed by atoms with Gasteiger partial charge in [-0.25, -0.2) is 21.6 Å². The molecule has 2 aromatic carbocycles. The zero-order valence-corrected chi connectivity index (χ0v) is 18.0. The Kier molecular flexibility index (Phi) is 7.29. The van der Waals surface area contributed by atoms with Crippen LogP contribution in [0, 0.1) is 0 Å². The fraction of sp³-hybridized carbons (Fsp3) is 0.294. The van der Waals surface area contributed by atoms with Gasteiger partial charge in [-0.15, -0.1) is 0 Å². The van der Waals surface area contributed by atoms with Crippen LogP contribution in [0.1, 0.15) is 19.4 Å². The Morgan fingerprint density at radius 2 is 1.52 bits per heavy atom. The number of halogens is 2. The lowest BCUT2D eigenvalue weighted by Gasteiger charge is -2.18. The lowest BCUT2D eigenvalue weighted by atomic mass is 10.2. The highest BCUT2D eigenvalue weighted by molar-refractivity contribution is 7.89. The first-order chi connectivity index (χ1) is 12.6. The second kappa shape index (κ2) is 8.89. The van der Waals surface area contributed by atoms with Crippen molar-refractivity contribution in [2.45, 2.75) is 30.2 Å². The average Bonchev–Trinajstić information content (AvgIpc) is 2.63. The maximum absolute atomic E-state index is 12.5. The summed E-state index contributed by atoms with van der Waals surface area (Å²) in [5.74, 6) is 0. The van der Waals surface area contributed by atoms with Crippen LogP contribution in [0.5, 0.6) is 0 Å². The van der Waals surface area contributed by atoms with E-state index in [0.29, 0.717) is 18.7 Å². The van der Waals surface area contributed by atoms with Gasteiger partial charge in [0.15, 0.2) is 0 Å². The van der Waals surface area contributed by atoms with Crippen LogP contribution in [0.25, 0.3) is 0 Å². The van der Waals surface area contributed by atoms with Crippen molar-refractivity contribution in [3.05, 3.63) is 58.1 Å². The minimum absolute atomic E-state index is 0.0171. The van der Waals surface area contributed by atoms with E-state index >= 15 is 0 Å². The first-order valence-electron chi connectivity index (χ1n) is 8.15. The van der Waals surface area contributed by atoms with Gasteiger partial charge in [-0.2, -0.15) is 4.31 Å². The number of nitrogens with zero attached hydrogens (tertiary/aromatic N) is 1. The van der Waals surface area contributed by atoms with Crippen LogP contribution >= 0.6 is 23.2 Å². The average molecular weight is 451 g/mol. The fourth-order valence-electron chi connectivity index (χ4n) is 2.43. The molecule has 148 valence electrons. The van der Waals surface area contributed by atoms with Crippen molar-refractivity contribution in [3.8, 4) is 0 Å². The topological polar surface area (TPSA) is 83.6 Å². The number of benzene rings is 2. The van der Waals surface area contributed by atoms with E-state index < -0.39 is 20.0 Å². The molecule has 10 heteroatoms. The van der Waals surface area contributed by atoms with Crippen LogP contribution in [-0.2, 0) is 26.6 Å². The van der Waals surface area contributed by atoms with E-state index in [0.717, 1.165) is 0 Å². The van der Waals surface area contributed by atoms with Gasteiger partial charge in [-0.1, -0.05) is 49.2 Å². The molecule has 0 spiro atoms. The second-order valence-electron chi connectivity index (χ2n) is 5.63. The standard InChI is InChI=1S/C17H20Cl2N2O4S2/c1-3-21(4-2)27(24,25)15-8-5-13(6-9-15)12-20-26(22,23)17-11-14(18)7-10-16(17)19/h5-11,20H,3-4,12H2,1-2H3. The Balaban J connectivity index is 2.17. The third-order valence-corrected chi connectivity index (χ3v) is 8.10. The molecule has 2 rings (SSSR count). The SMILES string of the molecule is CCN(CC)S(=O)(=O)c1ccc(CNS(=O)(=O)c2cc(Cl)ccc2Cl)cc1. The molecule has 0 saturated heterocycles. The highest BCUT2D eigenvalue weighted by Crippen LogP contribution is 2.25. The van der Waals surface area contributed by atoms with Crippen molar-refractivity contribution in [1.29, 1.82) is 0 Å². The number of hydrogen-bond donors (Lipinski definition) is 1. The molecular formula is C17H20Cl2N2O4S2. The van der Waals surface area contributed by atoms with E-state index in [1.54, 1.807) is 26.0 Å². The van der Waals surface area contributed by atoms with Gasteiger partial charge in [-0.05, 0) is 35.9 Å². The van der Waals surface area contributed by atoms with Gasteiger partial charge in [0, 0.05) is 24.7 Å². The first-order valence-corrected chi connectivity index (χ1v) is 11.8. The van der Waals surface area contributed by atoms with Crippen LogP contribution in [0.2, 0.25) is 10.0 Å². The Morgan fingerprint density at radius 1 is 0.926 bits per heavy atom. The Labute approximate surface area is 170 Å². The molecule has 0 aliphatic carbocycles. The maximum atomic E-state index is 12.5. The molecule has 0 aliphatic rings. The quantitative estimate of drug-likeness (QED) is 0.666. The molecule has 2 aromatic rings. The minimum Gasteiger partial charge on any atom is -0.207 e. The molecule has 0 saturated carbocycles. The van der Waals surface area contributed by atoms with E-state index in [2.05, 4.69) is 4.72 Å². The van der Waals surface area contributed by atoms with Gasteiger partial charge in [0.25, 0.3) is 0 Å². The van der Waals surface area contributed by atoms with Gasteiger partial charge in [0.1, 0.15) is 4.90 Å². The first kappa shape index (κ1) is 22.1. The third-order valence-electron chi connectivity index (χ3n) is 3.92. The fourth-order valence-corrected chi connectivity index (χ4v) is 5.67. The van der Waals surface area contributed by atoms with Crippen LogP contribution < -0.4 is 4.72 Å². The highest BCUT2D eigenvalue weighted by atomic mass is 35.5. The zero-order chi connectivity index (χ0) is 20.2.